The fourth-order valence-electron chi connectivity index (χ4n) is 2.91. The molecule has 1 aliphatic carbocycles. The molecule has 2 unspecified atom stereocenters. The molecule has 2 atom stereocenters. The number of rotatable bonds is 3. The summed E-state index contributed by atoms with van der Waals surface area (Å²) in [4.78, 5) is 4.12. The van der Waals surface area contributed by atoms with Gasteiger partial charge in [-0.25, -0.2) is 0 Å². The van der Waals surface area contributed by atoms with Gasteiger partial charge >= 0.3 is 0 Å². The van der Waals surface area contributed by atoms with Crippen molar-refractivity contribution in [2.24, 2.45) is 5.73 Å². The molecule has 0 amide bonds. The Hall–Kier alpha value is -1.67. The van der Waals surface area contributed by atoms with Gasteiger partial charge in [0.25, 0.3) is 0 Å². The van der Waals surface area contributed by atoms with Gasteiger partial charge < -0.3 is 5.73 Å². The molecule has 3 rings (SSSR count). The first-order valence-corrected chi connectivity index (χ1v) is 6.49. The average Bonchev–Trinajstić information content (AvgIpc) is 2.36. The highest BCUT2D eigenvalue weighted by Gasteiger charge is 2.27. The number of hydrogen-bond acceptors (Lipinski definition) is 2. The lowest BCUT2D eigenvalue weighted by Crippen LogP contribution is -2.23. The monoisotopic (exact) mass is 238 g/mol. The fraction of sp³-hybridized carbons (Fsp3) is 0.312. The highest BCUT2D eigenvalue weighted by molar-refractivity contribution is 5.40. The van der Waals surface area contributed by atoms with E-state index >= 15 is 0 Å². The molecule has 0 bridgehead atoms. The van der Waals surface area contributed by atoms with E-state index in [4.69, 9.17) is 5.73 Å². The standard InChI is InChI=1S/C16H18N2/c1-11-10-18-7-6-14(11)16(17)9-13-8-12-4-2-3-5-15(12)13/h2-7,10,13,16H,8-9,17H2,1H3. The van der Waals surface area contributed by atoms with Gasteiger partial charge in [-0.1, -0.05) is 24.3 Å². The molecule has 0 fully saturated rings. The second-order valence-electron chi connectivity index (χ2n) is 5.17. The number of aromatic nitrogens is 1. The van der Waals surface area contributed by atoms with Crippen molar-refractivity contribution in [3.05, 3.63) is 65.0 Å². The SMILES string of the molecule is Cc1cnccc1C(N)CC1Cc2ccccc21. The molecule has 2 aromatic rings. The van der Waals surface area contributed by atoms with Crippen LogP contribution in [0.1, 0.15) is 40.6 Å². The summed E-state index contributed by atoms with van der Waals surface area (Å²) in [5, 5.41) is 0. The minimum atomic E-state index is 0.117. The molecule has 0 spiro atoms. The summed E-state index contributed by atoms with van der Waals surface area (Å²) in [6, 6.07) is 10.8. The van der Waals surface area contributed by atoms with Crippen LogP contribution in [0.5, 0.6) is 0 Å². The Morgan fingerprint density at radius 3 is 2.94 bits per heavy atom. The fourth-order valence-corrected chi connectivity index (χ4v) is 2.91. The highest BCUT2D eigenvalue weighted by atomic mass is 14.7. The molecule has 2 heteroatoms. The van der Waals surface area contributed by atoms with E-state index in [1.54, 1.807) is 0 Å². The summed E-state index contributed by atoms with van der Waals surface area (Å²) in [5.41, 5.74) is 11.7. The van der Waals surface area contributed by atoms with Crippen molar-refractivity contribution in [3.63, 3.8) is 0 Å². The van der Waals surface area contributed by atoms with Crippen LogP contribution in [0.15, 0.2) is 42.7 Å². The third-order valence-electron chi connectivity index (χ3n) is 3.96. The van der Waals surface area contributed by atoms with Gasteiger partial charge in [0.05, 0.1) is 0 Å². The van der Waals surface area contributed by atoms with Crippen LogP contribution < -0.4 is 5.73 Å². The zero-order valence-electron chi connectivity index (χ0n) is 10.6. The number of fused-ring (bicyclic) bond motifs is 1. The third-order valence-corrected chi connectivity index (χ3v) is 3.96. The first kappa shape index (κ1) is 11.4. The van der Waals surface area contributed by atoms with Crippen molar-refractivity contribution in [1.82, 2.24) is 4.98 Å². The average molecular weight is 238 g/mol. The van der Waals surface area contributed by atoms with Crippen LogP contribution in [0.25, 0.3) is 0 Å². The first-order valence-electron chi connectivity index (χ1n) is 6.49. The van der Waals surface area contributed by atoms with Gasteiger partial charge in [0.15, 0.2) is 0 Å². The Balaban J connectivity index is 1.74. The minimum Gasteiger partial charge on any atom is -0.324 e. The van der Waals surface area contributed by atoms with Gasteiger partial charge in [0.2, 0.25) is 0 Å². The predicted octanol–water partition coefficient (Wildman–Crippen LogP) is 3.12. The molecular weight excluding hydrogens is 220 g/mol. The zero-order chi connectivity index (χ0) is 12.5. The number of hydrogen-bond donors (Lipinski definition) is 1. The van der Waals surface area contributed by atoms with Gasteiger partial charge in [-0.15, -0.1) is 0 Å². The van der Waals surface area contributed by atoms with Crippen molar-refractivity contribution in [1.29, 1.82) is 0 Å². The summed E-state index contributed by atoms with van der Waals surface area (Å²) < 4.78 is 0. The first-order chi connectivity index (χ1) is 8.75. The number of benzene rings is 1. The van der Waals surface area contributed by atoms with E-state index in [9.17, 15) is 0 Å². The molecule has 1 aliphatic rings. The van der Waals surface area contributed by atoms with E-state index in [-0.39, 0.29) is 6.04 Å². The molecule has 18 heavy (non-hydrogen) atoms. The van der Waals surface area contributed by atoms with Gasteiger partial charge in [-0.3, -0.25) is 4.98 Å². The minimum absolute atomic E-state index is 0.117. The topological polar surface area (TPSA) is 38.9 Å². The smallest absolute Gasteiger partial charge is 0.0304 e. The maximum Gasteiger partial charge on any atom is 0.0304 e. The Morgan fingerprint density at radius 2 is 2.17 bits per heavy atom. The lowest BCUT2D eigenvalue weighted by molar-refractivity contribution is 0.497. The van der Waals surface area contributed by atoms with Crippen LogP contribution in [-0.4, -0.2) is 4.98 Å². The Bertz CT molecular complexity index is 563. The van der Waals surface area contributed by atoms with Gasteiger partial charge in [-0.2, -0.15) is 0 Å². The summed E-state index contributed by atoms with van der Waals surface area (Å²) in [7, 11) is 0. The van der Waals surface area contributed by atoms with Crippen molar-refractivity contribution in [3.8, 4) is 0 Å². The second kappa shape index (κ2) is 4.54. The van der Waals surface area contributed by atoms with Gasteiger partial charge in [-0.05, 0) is 54.0 Å². The van der Waals surface area contributed by atoms with Gasteiger partial charge in [0, 0.05) is 18.4 Å². The largest absolute Gasteiger partial charge is 0.324 e. The lowest BCUT2D eigenvalue weighted by atomic mass is 9.74. The Morgan fingerprint density at radius 1 is 1.33 bits per heavy atom. The number of aryl methyl sites for hydroxylation is 1. The molecule has 0 saturated heterocycles. The molecule has 1 aromatic carbocycles. The van der Waals surface area contributed by atoms with E-state index in [1.165, 1.54) is 28.7 Å². The summed E-state index contributed by atoms with van der Waals surface area (Å²) in [6.45, 7) is 2.08. The van der Waals surface area contributed by atoms with Crippen molar-refractivity contribution < 1.29 is 0 Å². The van der Waals surface area contributed by atoms with Crippen molar-refractivity contribution in [2.45, 2.75) is 31.7 Å². The van der Waals surface area contributed by atoms with E-state index in [0.29, 0.717) is 5.92 Å². The molecule has 1 aromatic heterocycles. The number of pyridine rings is 1. The molecule has 92 valence electrons. The van der Waals surface area contributed by atoms with Crippen molar-refractivity contribution >= 4 is 0 Å². The van der Waals surface area contributed by atoms with E-state index in [0.717, 1.165) is 6.42 Å². The second-order valence-corrected chi connectivity index (χ2v) is 5.17. The molecule has 2 N–H and O–H groups in total. The molecular formula is C16H18N2. The molecule has 2 nitrogen and oxygen atoms in total. The van der Waals surface area contributed by atoms with Crippen LogP contribution in [0.3, 0.4) is 0 Å². The summed E-state index contributed by atoms with van der Waals surface area (Å²) in [6.07, 6.45) is 5.93. The Labute approximate surface area is 108 Å². The van der Waals surface area contributed by atoms with E-state index < -0.39 is 0 Å². The van der Waals surface area contributed by atoms with E-state index in [1.807, 2.05) is 18.5 Å². The van der Waals surface area contributed by atoms with Crippen molar-refractivity contribution in [2.75, 3.05) is 0 Å². The van der Waals surface area contributed by atoms with Crippen LogP contribution in [0.2, 0.25) is 0 Å². The van der Waals surface area contributed by atoms with Crippen LogP contribution in [0.4, 0.5) is 0 Å². The number of nitrogens with zero attached hydrogens (tertiary/aromatic N) is 1. The van der Waals surface area contributed by atoms with Crippen LogP contribution in [-0.2, 0) is 6.42 Å². The zero-order valence-corrected chi connectivity index (χ0v) is 10.6. The van der Waals surface area contributed by atoms with Crippen LogP contribution in [0, 0.1) is 6.92 Å². The normalized spacial score (nSPS) is 18.9. The highest BCUT2D eigenvalue weighted by Crippen LogP contribution is 2.40. The maximum atomic E-state index is 6.34. The van der Waals surface area contributed by atoms with Crippen LogP contribution >= 0.6 is 0 Å². The summed E-state index contributed by atoms with van der Waals surface area (Å²) in [5.74, 6) is 0.628. The van der Waals surface area contributed by atoms with E-state index in [2.05, 4.69) is 36.2 Å². The summed E-state index contributed by atoms with van der Waals surface area (Å²) >= 11 is 0. The maximum absolute atomic E-state index is 6.34. The number of nitrogens with two attached hydrogens (primary N) is 1. The molecule has 1 heterocycles. The molecule has 0 saturated carbocycles. The van der Waals surface area contributed by atoms with Gasteiger partial charge in [0.1, 0.15) is 0 Å². The lowest BCUT2D eigenvalue weighted by Gasteiger charge is -2.32. The third kappa shape index (κ3) is 1.93. The predicted molar refractivity (Wildman–Crippen MR) is 73.4 cm³/mol. The molecule has 0 radical (unpaired) electrons. The quantitative estimate of drug-likeness (QED) is 0.892. The molecule has 0 aliphatic heterocycles. The Kier molecular flexibility index (Phi) is 2.88.